The molecule has 0 amide bonds. The zero-order chi connectivity index (χ0) is 13.9. The molecule has 6 nitrogen and oxygen atoms in total. The first-order valence-corrected chi connectivity index (χ1v) is 8.04. The molecule has 0 atom stereocenters. The lowest BCUT2D eigenvalue weighted by Gasteiger charge is -2.05. The minimum atomic E-state index is -3.50. The van der Waals surface area contributed by atoms with Gasteiger partial charge in [0.25, 0.3) is 0 Å². The molecule has 0 bridgehead atoms. The molecule has 2 rings (SSSR count). The number of nitrogens with one attached hydrogen (secondary N) is 1. The van der Waals surface area contributed by atoms with Crippen molar-refractivity contribution in [2.24, 2.45) is 0 Å². The first kappa shape index (κ1) is 14.2. The van der Waals surface area contributed by atoms with Gasteiger partial charge in [-0.1, -0.05) is 0 Å². The van der Waals surface area contributed by atoms with Gasteiger partial charge in [0, 0.05) is 23.0 Å². The number of aliphatic hydroxyl groups excluding tert-OH is 1. The van der Waals surface area contributed by atoms with Crippen LogP contribution in [-0.2, 0) is 23.2 Å². The molecule has 0 aliphatic carbocycles. The maximum atomic E-state index is 11.9. The fourth-order valence-corrected chi connectivity index (χ4v) is 3.71. The van der Waals surface area contributed by atoms with Crippen molar-refractivity contribution in [3.05, 3.63) is 34.3 Å². The van der Waals surface area contributed by atoms with E-state index in [-0.39, 0.29) is 18.0 Å². The third kappa shape index (κ3) is 3.63. The maximum Gasteiger partial charge on any atom is 0.241 e. The van der Waals surface area contributed by atoms with Gasteiger partial charge in [-0.05, 0) is 18.6 Å². The highest BCUT2D eigenvalue weighted by molar-refractivity contribution is 7.89. The van der Waals surface area contributed by atoms with Gasteiger partial charge in [0.05, 0.1) is 24.2 Å². The third-order valence-corrected chi connectivity index (χ3v) is 5.00. The summed E-state index contributed by atoms with van der Waals surface area (Å²) in [7, 11) is -3.50. The van der Waals surface area contributed by atoms with E-state index in [9.17, 15) is 8.42 Å². The summed E-state index contributed by atoms with van der Waals surface area (Å²) in [6.45, 7) is 2.53. The van der Waals surface area contributed by atoms with Crippen LogP contribution >= 0.6 is 11.3 Å². The van der Waals surface area contributed by atoms with E-state index in [0.29, 0.717) is 11.4 Å². The SMILES string of the molecule is Cc1cnn(CCNS(=O)(=O)c2csc(CO)c2)c1. The van der Waals surface area contributed by atoms with Crippen molar-refractivity contribution in [1.29, 1.82) is 0 Å². The van der Waals surface area contributed by atoms with Gasteiger partial charge < -0.3 is 5.11 Å². The fourth-order valence-electron chi connectivity index (χ4n) is 1.55. The lowest BCUT2D eigenvalue weighted by molar-refractivity contribution is 0.285. The van der Waals surface area contributed by atoms with Crippen LogP contribution in [0.5, 0.6) is 0 Å². The second-order valence-electron chi connectivity index (χ2n) is 4.09. The molecule has 0 aliphatic heterocycles. The number of aliphatic hydroxyl groups is 1. The fraction of sp³-hybridized carbons (Fsp3) is 0.364. The molecule has 8 heteroatoms. The highest BCUT2D eigenvalue weighted by Gasteiger charge is 2.15. The van der Waals surface area contributed by atoms with E-state index in [1.165, 1.54) is 22.8 Å². The number of nitrogens with zero attached hydrogens (tertiary/aromatic N) is 2. The highest BCUT2D eigenvalue weighted by Crippen LogP contribution is 2.18. The molecule has 0 fully saturated rings. The van der Waals surface area contributed by atoms with E-state index in [1.54, 1.807) is 10.9 Å². The first-order chi connectivity index (χ1) is 9.01. The zero-order valence-corrected chi connectivity index (χ0v) is 12.0. The monoisotopic (exact) mass is 301 g/mol. The van der Waals surface area contributed by atoms with E-state index in [4.69, 9.17) is 5.11 Å². The number of hydrogen-bond donors (Lipinski definition) is 2. The van der Waals surface area contributed by atoms with Crippen molar-refractivity contribution in [2.75, 3.05) is 6.54 Å². The Hall–Kier alpha value is -1.22. The Morgan fingerprint density at radius 1 is 1.53 bits per heavy atom. The van der Waals surface area contributed by atoms with Gasteiger partial charge in [-0.2, -0.15) is 5.10 Å². The van der Waals surface area contributed by atoms with Gasteiger partial charge in [0.2, 0.25) is 10.0 Å². The van der Waals surface area contributed by atoms with Crippen molar-refractivity contribution in [3.8, 4) is 0 Å². The molecule has 0 aliphatic rings. The predicted molar refractivity (Wildman–Crippen MR) is 72.4 cm³/mol. The van der Waals surface area contributed by atoms with Gasteiger partial charge in [0.1, 0.15) is 0 Å². The van der Waals surface area contributed by atoms with Gasteiger partial charge in [0.15, 0.2) is 0 Å². The average molecular weight is 301 g/mol. The topological polar surface area (TPSA) is 84.2 Å². The predicted octanol–water partition coefficient (Wildman–Crippen LogP) is 0.724. The number of rotatable bonds is 6. The molecule has 0 aromatic carbocycles. The highest BCUT2D eigenvalue weighted by atomic mass is 32.2. The summed E-state index contributed by atoms with van der Waals surface area (Å²) < 4.78 is 28.1. The molecule has 0 spiro atoms. The maximum absolute atomic E-state index is 11.9. The average Bonchev–Trinajstić information content (AvgIpc) is 2.98. The van der Waals surface area contributed by atoms with Crippen LogP contribution in [0.25, 0.3) is 0 Å². The summed E-state index contributed by atoms with van der Waals surface area (Å²) in [6, 6.07) is 1.48. The molecular weight excluding hydrogens is 286 g/mol. The van der Waals surface area contributed by atoms with E-state index in [2.05, 4.69) is 9.82 Å². The number of aryl methyl sites for hydroxylation is 1. The third-order valence-electron chi connectivity index (χ3n) is 2.49. The summed E-state index contributed by atoms with van der Waals surface area (Å²) >= 11 is 1.22. The summed E-state index contributed by atoms with van der Waals surface area (Å²) in [5, 5.41) is 14.5. The van der Waals surface area contributed by atoms with Crippen LogP contribution in [0, 0.1) is 6.92 Å². The molecule has 2 N–H and O–H groups in total. The Balaban J connectivity index is 1.94. The largest absolute Gasteiger partial charge is 0.391 e. The number of hydrogen-bond acceptors (Lipinski definition) is 5. The quantitative estimate of drug-likeness (QED) is 0.823. The van der Waals surface area contributed by atoms with Crippen molar-refractivity contribution in [3.63, 3.8) is 0 Å². The Bertz CT molecular complexity index is 646. The van der Waals surface area contributed by atoms with Crippen molar-refractivity contribution in [1.82, 2.24) is 14.5 Å². The van der Waals surface area contributed by atoms with Crippen LogP contribution in [0.4, 0.5) is 0 Å². The van der Waals surface area contributed by atoms with Crippen molar-refractivity contribution >= 4 is 21.4 Å². The molecule has 2 aromatic rings. The molecular formula is C11H15N3O3S2. The smallest absolute Gasteiger partial charge is 0.241 e. The zero-order valence-electron chi connectivity index (χ0n) is 10.4. The van der Waals surface area contributed by atoms with E-state index in [0.717, 1.165) is 5.56 Å². The second kappa shape index (κ2) is 5.83. The minimum absolute atomic E-state index is 0.146. The van der Waals surface area contributed by atoms with Crippen LogP contribution in [0.2, 0.25) is 0 Å². The Morgan fingerprint density at radius 3 is 2.89 bits per heavy atom. The Morgan fingerprint density at radius 2 is 2.32 bits per heavy atom. The van der Waals surface area contributed by atoms with Crippen LogP contribution in [0.3, 0.4) is 0 Å². The van der Waals surface area contributed by atoms with Crippen molar-refractivity contribution < 1.29 is 13.5 Å². The summed E-state index contributed by atoms with van der Waals surface area (Å²) in [6.07, 6.45) is 3.57. The summed E-state index contributed by atoms with van der Waals surface area (Å²) in [5.41, 5.74) is 1.04. The van der Waals surface area contributed by atoms with Crippen LogP contribution in [0.15, 0.2) is 28.7 Å². The normalized spacial score (nSPS) is 11.9. The van der Waals surface area contributed by atoms with E-state index in [1.807, 2.05) is 13.1 Å². The second-order valence-corrected chi connectivity index (χ2v) is 6.85. The molecule has 2 heterocycles. The van der Waals surface area contributed by atoms with Crippen LogP contribution < -0.4 is 4.72 Å². The molecule has 0 saturated carbocycles. The molecule has 0 saturated heterocycles. The molecule has 0 unspecified atom stereocenters. The van der Waals surface area contributed by atoms with Gasteiger partial charge in [-0.15, -0.1) is 11.3 Å². The van der Waals surface area contributed by atoms with Crippen LogP contribution in [-0.4, -0.2) is 29.8 Å². The lowest BCUT2D eigenvalue weighted by atomic mass is 10.4. The standard InChI is InChI=1S/C11H15N3O3S2/c1-9-5-12-14(6-9)3-2-13-19(16,17)11-4-10(7-15)18-8-11/h4-6,8,13,15H,2-3,7H2,1H3. The van der Waals surface area contributed by atoms with Gasteiger partial charge in [-0.25, -0.2) is 13.1 Å². The molecule has 19 heavy (non-hydrogen) atoms. The Kier molecular flexibility index (Phi) is 4.35. The summed E-state index contributed by atoms with van der Waals surface area (Å²) in [4.78, 5) is 0.821. The first-order valence-electron chi connectivity index (χ1n) is 5.68. The minimum Gasteiger partial charge on any atom is -0.391 e. The lowest BCUT2D eigenvalue weighted by Crippen LogP contribution is -2.27. The summed E-state index contributed by atoms with van der Waals surface area (Å²) in [5.74, 6) is 0. The molecule has 0 radical (unpaired) electrons. The number of sulfonamides is 1. The van der Waals surface area contributed by atoms with E-state index < -0.39 is 10.0 Å². The number of aromatic nitrogens is 2. The molecule has 104 valence electrons. The van der Waals surface area contributed by atoms with Crippen molar-refractivity contribution in [2.45, 2.75) is 25.0 Å². The number of thiophene rings is 1. The van der Waals surface area contributed by atoms with Crippen LogP contribution in [0.1, 0.15) is 10.4 Å². The van der Waals surface area contributed by atoms with Gasteiger partial charge in [-0.3, -0.25) is 4.68 Å². The van der Waals surface area contributed by atoms with Gasteiger partial charge >= 0.3 is 0 Å². The van der Waals surface area contributed by atoms with E-state index >= 15 is 0 Å². The Labute approximate surface area is 115 Å². The molecule has 2 aromatic heterocycles.